The molecule has 2 N–H and O–H groups in total. The molecule has 1 rings (SSSR count). The van der Waals surface area contributed by atoms with Gasteiger partial charge in [0.1, 0.15) is 11.8 Å². The Labute approximate surface area is 133 Å². The molecule has 0 aromatic heterocycles. The van der Waals surface area contributed by atoms with E-state index in [4.69, 9.17) is 5.73 Å². The normalized spacial score (nSPS) is 14.2. The Morgan fingerprint density at radius 3 is 2.35 bits per heavy atom. The van der Waals surface area contributed by atoms with Crippen molar-refractivity contribution in [2.24, 2.45) is 11.7 Å². The number of rotatable bonds is 8. The zero-order valence-corrected chi connectivity index (χ0v) is 13.2. The Hall–Kier alpha value is -1.76. The van der Waals surface area contributed by atoms with Crippen LogP contribution in [0.3, 0.4) is 0 Å². The second kappa shape index (κ2) is 8.76. The summed E-state index contributed by atoms with van der Waals surface area (Å²) in [5, 5.41) is 0. The Morgan fingerprint density at radius 2 is 1.87 bits per heavy atom. The topological polar surface area (TPSA) is 61.5 Å². The average molecular weight is 333 g/mol. The Morgan fingerprint density at radius 1 is 1.26 bits per heavy atom. The molecular weight excluding hydrogens is 311 g/mol. The summed E-state index contributed by atoms with van der Waals surface area (Å²) in [6, 6.07) is 5.16. The van der Waals surface area contributed by atoms with Gasteiger partial charge in [0, 0.05) is 0 Å². The van der Waals surface area contributed by atoms with Crippen LogP contribution in [-0.2, 0) is 16.0 Å². The fourth-order valence-corrected chi connectivity index (χ4v) is 2.32. The minimum absolute atomic E-state index is 0.235. The number of ether oxygens (including phenoxy) is 2. The third-order valence-corrected chi connectivity index (χ3v) is 3.67. The van der Waals surface area contributed by atoms with Gasteiger partial charge >= 0.3 is 12.3 Å². The number of hydrogen-bond acceptors (Lipinski definition) is 4. The zero-order valence-electron chi connectivity index (χ0n) is 13.2. The summed E-state index contributed by atoms with van der Waals surface area (Å²) in [4.78, 5) is 11.3. The van der Waals surface area contributed by atoms with Gasteiger partial charge in [-0.25, -0.2) is 0 Å². The molecule has 1 aromatic rings. The van der Waals surface area contributed by atoms with E-state index in [1.165, 1.54) is 19.2 Å². The van der Waals surface area contributed by atoms with Gasteiger partial charge < -0.3 is 15.2 Å². The number of nitrogens with two attached hydrogens (primary N) is 1. The van der Waals surface area contributed by atoms with Crippen molar-refractivity contribution in [2.75, 3.05) is 7.11 Å². The van der Waals surface area contributed by atoms with Crippen molar-refractivity contribution < 1.29 is 27.4 Å². The summed E-state index contributed by atoms with van der Waals surface area (Å²) in [6.07, 6.45) is -1.81. The lowest BCUT2D eigenvalue weighted by molar-refractivity contribution is -0.274. The quantitative estimate of drug-likeness (QED) is 0.740. The number of carbonyl (C=O) groups excluding carboxylic acids is 1. The molecule has 0 aliphatic carbocycles. The first-order valence-corrected chi connectivity index (χ1v) is 7.43. The molecule has 0 spiro atoms. The molecule has 2 atom stereocenters. The third kappa shape index (κ3) is 7.36. The van der Waals surface area contributed by atoms with Gasteiger partial charge in [-0.3, -0.25) is 4.79 Å². The van der Waals surface area contributed by atoms with Crippen LogP contribution in [-0.4, -0.2) is 25.5 Å². The average Bonchev–Trinajstić information content (AvgIpc) is 2.50. The Balaban J connectivity index is 2.50. The largest absolute Gasteiger partial charge is 0.573 e. The molecule has 23 heavy (non-hydrogen) atoms. The first-order valence-electron chi connectivity index (χ1n) is 7.43. The summed E-state index contributed by atoms with van der Waals surface area (Å²) in [6.45, 7) is 2.01. The van der Waals surface area contributed by atoms with Gasteiger partial charge in [0.25, 0.3) is 0 Å². The highest BCUT2D eigenvalue weighted by atomic mass is 19.4. The van der Waals surface area contributed by atoms with E-state index in [1.807, 2.05) is 6.92 Å². The van der Waals surface area contributed by atoms with Crippen molar-refractivity contribution in [3.05, 3.63) is 29.8 Å². The lowest BCUT2D eigenvalue weighted by atomic mass is 9.91. The summed E-state index contributed by atoms with van der Waals surface area (Å²) < 4.78 is 44.7. The monoisotopic (exact) mass is 333 g/mol. The zero-order chi connectivity index (χ0) is 17.5. The fourth-order valence-electron chi connectivity index (χ4n) is 2.32. The molecule has 0 bridgehead atoms. The standard InChI is InChI=1S/C16H22F3NO3/c1-3-11(10-14(20)15(21)22-2)4-5-12-6-8-13(9-7-12)23-16(17,18)19/h6-9,11,14H,3-5,10,20H2,1-2H3. The second-order valence-electron chi connectivity index (χ2n) is 5.37. The Kier molecular flexibility index (Phi) is 7.35. The van der Waals surface area contributed by atoms with Crippen LogP contribution in [0, 0.1) is 5.92 Å². The molecule has 0 saturated carbocycles. The molecule has 2 unspecified atom stereocenters. The van der Waals surface area contributed by atoms with Crippen LogP contribution in [0.25, 0.3) is 0 Å². The van der Waals surface area contributed by atoms with E-state index in [1.54, 1.807) is 12.1 Å². The molecule has 0 aliphatic heterocycles. The number of hydrogen-bond donors (Lipinski definition) is 1. The fraction of sp³-hybridized carbons (Fsp3) is 0.562. The van der Waals surface area contributed by atoms with Crippen LogP contribution in [0.5, 0.6) is 5.75 Å². The lowest BCUT2D eigenvalue weighted by Crippen LogP contribution is -2.33. The van der Waals surface area contributed by atoms with E-state index in [2.05, 4.69) is 9.47 Å². The minimum Gasteiger partial charge on any atom is -0.468 e. The van der Waals surface area contributed by atoms with Crippen molar-refractivity contribution in [1.29, 1.82) is 0 Å². The van der Waals surface area contributed by atoms with E-state index in [0.717, 1.165) is 18.4 Å². The maximum atomic E-state index is 12.1. The predicted molar refractivity (Wildman–Crippen MR) is 79.8 cm³/mol. The SMILES string of the molecule is CCC(CCc1ccc(OC(F)(F)F)cc1)CC(N)C(=O)OC. The highest BCUT2D eigenvalue weighted by molar-refractivity contribution is 5.75. The number of aryl methyl sites for hydroxylation is 1. The first-order chi connectivity index (χ1) is 10.7. The van der Waals surface area contributed by atoms with Crippen molar-refractivity contribution in [2.45, 2.75) is 45.0 Å². The molecule has 0 saturated heterocycles. The first kappa shape index (κ1) is 19.3. The van der Waals surface area contributed by atoms with Crippen LogP contribution in [0.15, 0.2) is 24.3 Å². The molecule has 0 heterocycles. The highest BCUT2D eigenvalue weighted by Crippen LogP contribution is 2.24. The van der Waals surface area contributed by atoms with Crippen molar-refractivity contribution in [3.63, 3.8) is 0 Å². The second-order valence-corrected chi connectivity index (χ2v) is 5.37. The summed E-state index contributed by atoms with van der Waals surface area (Å²) >= 11 is 0. The van der Waals surface area contributed by atoms with Gasteiger partial charge in [-0.05, 0) is 42.9 Å². The van der Waals surface area contributed by atoms with Gasteiger partial charge in [-0.15, -0.1) is 13.2 Å². The van der Waals surface area contributed by atoms with E-state index >= 15 is 0 Å². The van der Waals surface area contributed by atoms with Gasteiger partial charge in [0.15, 0.2) is 0 Å². The molecule has 1 aromatic carbocycles. The third-order valence-electron chi connectivity index (χ3n) is 3.67. The van der Waals surface area contributed by atoms with Gasteiger partial charge in [0.05, 0.1) is 7.11 Å². The van der Waals surface area contributed by atoms with E-state index in [0.29, 0.717) is 12.8 Å². The van der Waals surface area contributed by atoms with E-state index in [-0.39, 0.29) is 11.7 Å². The molecule has 0 amide bonds. The Bertz CT molecular complexity index is 488. The highest BCUT2D eigenvalue weighted by Gasteiger charge is 2.30. The van der Waals surface area contributed by atoms with Crippen LogP contribution >= 0.6 is 0 Å². The molecule has 0 aliphatic rings. The van der Waals surface area contributed by atoms with Crippen LogP contribution < -0.4 is 10.5 Å². The molecule has 4 nitrogen and oxygen atoms in total. The molecule has 130 valence electrons. The maximum Gasteiger partial charge on any atom is 0.573 e. The molecular formula is C16H22F3NO3. The van der Waals surface area contributed by atoms with Crippen molar-refractivity contribution in [1.82, 2.24) is 0 Å². The number of carbonyl (C=O) groups is 1. The number of halogens is 3. The molecule has 0 fully saturated rings. The van der Waals surface area contributed by atoms with Crippen LogP contribution in [0.4, 0.5) is 13.2 Å². The minimum atomic E-state index is -4.68. The summed E-state index contributed by atoms with van der Waals surface area (Å²) in [5.41, 5.74) is 6.66. The lowest BCUT2D eigenvalue weighted by Gasteiger charge is -2.18. The van der Waals surface area contributed by atoms with Crippen LogP contribution in [0.2, 0.25) is 0 Å². The summed E-state index contributed by atoms with van der Waals surface area (Å²) in [7, 11) is 1.30. The number of esters is 1. The van der Waals surface area contributed by atoms with Crippen LogP contribution in [0.1, 0.15) is 31.7 Å². The van der Waals surface area contributed by atoms with E-state index < -0.39 is 18.4 Å². The number of alkyl halides is 3. The van der Waals surface area contributed by atoms with Gasteiger partial charge in [-0.2, -0.15) is 0 Å². The maximum absolute atomic E-state index is 12.1. The predicted octanol–water partition coefficient (Wildman–Crippen LogP) is 3.43. The molecule has 0 radical (unpaired) electrons. The smallest absolute Gasteiger partial charge is 0.468 e. The summed E-state index contributed by atoms with van der Waals surface area (Å²) in [5.74, 6) is -0.423. The van der Waals surface area contributed by atoms with E-state index in [9.17, 15) is 18.0 Å². The van der Waals surface area contributed by atoms with Crippen molar-refractivity contribution >= 4 is 5.97 Å². The van der Waals surface area contributed by atoms with Gasteiger partial charge in [0.2, 0.25) is 0 Å². The number of benzene rings is 1. The number of methoxy groups -OCH3 is 1. The molecule has 7 heteroatoms. The van der Waals surface area contributed by atoms with Gasteiger partial charge in [-0.1, -0.05) is 25.5 Å². The van der Waals surface area contributed by atoms with Crippen molar-refractivity contribution in [3.8, 4) is 5.75 Å².